The molecule has 1 aliphatic rings. The average Bonchev–Trinajstić information content (AvgIpc) is 2.81. The number of hydrogen-bond acceptors (Lipinski definition) is 2. The number of carboxylic acid groups (broad SMARTS) is 1. The van der Waals surface area contributed by atoms with Gasteiger partial charge in [-0.1, -0.05) is 22.0 Å². The molecule has 1 aromatic carbocycles. The van der Waals surface area contributed by atoms with Gasteiger partial charge in [0.15, 0.2) is 0 Å². The second kappa shape index (κ2) is 6.39. The fourth-order valence-corrected chi connectivity index (χ4v) is 2.50. The first-order chi connectivity index (χ1) is 8.49. The zero-order chi connectivity index (χ0) is 13.3. The van der Waals surface area contributed by atoms with Crippen LogP contribution in [0.5, 0.6) is 0 Å². The first-order valence-corrected chi connectivity index (χ1v) is 6.56. The molecular formula is C13H15BrClNO3. The summed E-state index contributed by atoms with van der Waals surface area (Å²) in [4.78, 5) is 24.8. The van der Waals surface area contributed by atoms with Crippen molar-refractivity contribution in [1.82, 2.24) is 4.90 Å². The molecule has 0 aliphatic carbocycles. The van der Waals surface area contributed by atoms with Gasteiger partial charge in [-0.2, -0.15) is 0 Å². The molecule has 0 aromatic heterocycles. The lowest BCUT2D eigenvalue weighted by molar-refractivity contribution is -0.141. The molecule has 1 N–H and O–H groups in total. The van der Waals surface area contributed by atoms with Crippen molar-refractivity contribution in [3.63, 3.8) is 0 Å². The van der Waals surface area contributed by atoms with Crippen molar-refractivity contribution in [3.05, 3.63) is 33.8 Å². The highest BCUT2D eigenvalue weighted by molar-refractivity contribution is 9.10. The number of aliphatic carboxylic acids is 1. The van der Waals surface area contributed by atoms with Crippen molar-refractivity contribution < 1.29 is 14.7 Å². The van der Waals surface area contributed by atoms with Crippen LogP contribution in [0, 0.1) is 12.8 Å². The number of nitrogens with zero attached hydrogens (tertiary/aromatic N) is 1. The predicted molar refractivity (Wildman–Crippen MR) is 77.8 cm³/mol. The number of carbonyl (C=O) groups excluding carboxylic acids is 1. The third-order valence-corrected chi connectivity index (χ3v) is 3.75. The number of rotatable bonds is 2. The Kier molecular flexibility index (Phi) is 5.38. The molecule has 19 heavy (non-hydrogen) atoms. The van der Waals surface area contributed by atoms with Gasteiger partial charge in [-0.3, -0.25) is 9.59 Å². The van der Waals surface area contributed by atoms with Gasteiger partial charge in [0.2, 0.25) is 0 Å². The van der Waals surface area contributed by atoms with Gasteiger partial charge in [0.25, 0.3) is 5.91 Å². The molecule has 1 unspecified atom stereocenters. The Bertz CT molecular complexity index is 507. The lowest BCUT2D eigenvalue weighted by atomic mass is 10.1. The van der Waals surface area contributed by atoms with Gasteiger partial charge in [-0.25, -0.2) is 0 Å². The summed E-state index contributed by atoms with van der Waals surface area (Å²) in [6.07, 6.45) is 0.536. The van der Waals surface area contributed by atoms with Crippen LogP contribution < -0.4 is 0 Å². The number of carbonyl (C=O) groups is 2. The van der Waals surface area contributed by atoms with Crippen molar-refractivity contribution in [2.45, 2.75) is 13.3 Å². The van der Waals surface area contributed by atoms with Gasteiger partial charge >= 0.3 is 5.97 Å². The molecule has 1 amide bonds. The van der Waals surface area contributed by atoms with Gasteiger partial charge in [0.05, 0.1) is 5.92 Å². The van der Waals surface area contributed by atoms with E-state index in [9.17, 15) is 9.59 Å². The monoisotopic (exact) mass is 347 g/mol. The van der Waals surface area contributed by atoms with Crippen LogP contribution in [0.3, 0.4) is 0 Å². The van der Waals surface area contributed by atoms with E-state index < -0.39 is 11.9 Å². The van der Waals surface area contributed by atoms with Crippen LogP contribution in [0.15, 0.2) is 22.7 Å². The van der Waals surface area contributed by atoms with Crippen LogP contribution in [0.2, 0.25) is 0 Å². The number of amides is 1. The zero-order valence-corrected chi connectivity index (χ0v) is 12.8. The third kappa shape index (κ3) is 3.48. The van der Waals surface area contributed by atoms with E-state index in [-0.39, 0.29) is 18.3 Å². The van der Waals surface area contributed by atoms with Gasteiger partial charge < -0.3 is 10.0 Å². The van der Waals surface area contributed by atoms with Crippen molar-refractivity contribution in [2.24, 2.45) is 5.92 Å². The Labute approximate surface area is 126 Å². The Morgan fingerprint density at radius 1 is 1.42 bits per heavy atom. The summed E-state index contributed by atoms with van der Waals surface area (Å²) in [5.41, 5.74) is 1.54. The smallest absolute Gasteiger partial charge is 0.308 e. The maximum atomic E-state index is 12.3. The largest absolute Gasteiger partial charge is 0.481 e. The van der Waals surface area contributed by atoms with Crippen LogP contribution in [0.4, 0.5) is 0 Å². The van der Waals surface area contributed by atoms with Crippen LogP contribution in [-0.2, 0) is 4.79 Å². The zero-order valence-electron chi connectivity index (χ0n) is 10.4. The first-order valence-electron chi connectivity index (χ1n) is 5.77. The molecule has 4 nitrogen and oxygen atoms in total. The summed E-state index contributed by atoms with van der Waals surface area (Å²) < 4.78 is 0.852. The molecule has 1 aliphatic heterocycles. The summed E-state index contributed by atoms with van der Waals surface area (Å²) in [6.45, 7) is 2.70. The van der Waals surface area contributed by atoms with E-state index in [1.165, 1.54) is 0 Å². The van der Waals surface area contributed by atoms with Crippen LogP contribution in [-0.4, -0.2) is 35.0 Å². The Hall–Kier alpha value is -1.07. The molecule has 0 spiro atoms. The molecule has 6 heteroatoms. The molecule has 0 saturated carbocycles. The van der Waals surface area contributed by atoms with E-state index in [1.807, 2.05) is 19.1 Å². The molecular weight excluding hydrogens is 334 g/mol. The summed E-state index contributed by atoms with van der Waals surface area (Å²) >= 11 is 3.34. The van der Waals surface area contributed by atoms with Crippen molar-refractivity contribution in [1.29, 1.82) is 0 Å². The highest BCUT2D eigenvalue weighted by atomic mass is 79.9. The van der Waals surface area contributed by atoms with E-state index in [2.05, 4.69) is 15.9 Å². The number of likely N-dealkylation sites (tertiary alicyclic amines) is 1. The molecule has 104 valence electrons. The Morgan fingerprint density at radius 2 is 2.11 bits per heavy atom. The number of hydrogen-bond donors (Lipinski definition) is 1. The first kappa shape index (κ1) is 16.0. The molecule has 2 rings (SSSR count). The minimum absolute atomic E-state index is 0. The van der Waals surface area contributed by atoms with Crippen molar-refractivity contribution in [2.75, 3.05) is 13.1 Å². The summed E-state index contributed by atoms with van der Waals surface area (Å²) in [5.74, 6) is -1.34. The van der Waals surface area contributed by atoms with E-state index in [0.717, 1.165) is 10.0 Å². The molecule has 0 radical (unpaired) electrons. The summed E-state index contributed by atoms with van der Waals surface area (Å²) in [6, 6.07) is 5.55. The molecule has 1 aromatic rings. The maximum absolute atomic E-state index is 12.3. The minimum atomic E-state index is -0.823. The molecule has 1 fully saturated rings. The van der Waals surface area contributed by atoms with E-state index in [0.29, 0.717) is 25.1 Å². The Morgan fingerprint density at radius 3 is 2.68 bits per heavy atom. The number of halogens is 2. The summed E-state index contributed by atoms with van der Waals surface area (Å²) in [5, 5.41) is 8.94. The predicted octanol–water partition coefficient (Wildman–Crippen LogP) is 2.73. The van der Waals surface area contributed by atoms with Gasteiger partial charge in [-0.05, 0) is 31.0 Å². The normalized spacial score (nSPS) is 18.0. The van der Waals surface area contributed by atoms with Gasteiger partial charge in [0, 0.05) is 23.1 Å². The highest BCUT2D eigenvalue weighted by Gasteiger charge is 2.31. The lowest BCUT2D eigenvalue weighted by Gasteiger charge is -2.17. The van der Waals surface area contributed by atoms with E-state index in [4.69, 9.17) is 5.11 Å². The third-order valence-electron chi connectivity index (χ3n) is 3.25. The van der Waals surface area contributed by atoms with Crippen LogP contribution in [0.25, 0.3) is 0 Å². The fourth-order valence-electron chi connectivity index (χ4n) is 2.14. The highest BCUT2D eigenvalue weighted by Crippen LogP contribution is 2.22. The standard InChI is InChI=1S/C13H14BrNO3.ClH/c1-8-2-3-10(14)6-11(8)12(16)15-5-4-9(7-15)13(17)18;/h2-3,6,9H,4-5,7H2,1H3,(H,17,18);1H. The minimum Gasteiger partial charge on any atom is -0.481 e. The van der Waals surface area contributed by atoms with E-state index in [1.54, 1.807) is 11.0 Å². The second-order valence-electron chi connectivity index (χ2n) is 4.53. The van der Waals surface area contributed by atoms with Crippen LogP contribution >= 0.6 is 28.3 Å². The molecule has 1 heterocycles. The number of carboxylic acids is 1. The molecule has 1 saturated heterocycles. The second-order valence-corrected chi connectivity index (χ2v) is 5.45. The average molecular weight is 349 g/mol. The molecule has 0 bridgehead atoms. The molecule has 1 atom stereocenters. The fraction of sp³-hybridized carbons (Fsp3) is 0.385. The van der Waals surface area contributed by atoms with E-state index >= 15 is 0 Å². The SMILES string of the molecule is Cc1ccc(Br)cc1C(=O)N1CCC(C(=O)O)C1.Cl. The van der Waals surface area contributed by atoms with Gasteiger partial charge in [0.1, 0.15) is 0 Å². The van der Waals surface area contributed by atoms with Crippen molar-refractivity contribution in [3.8, 4) is 0 Å². The van der Waals surface area contributed by atoms with Crippen LogP contribution in [0.1, 0.15) is 22.3 Å². The Balaban J connectivity index is 0.00000180. The number of benzene rings is 1. The number of aryl methyl sites for hydroxylation is 1. The quantitative estimate of drug-likeness (QED) is 0.894. The van der Waals surface area contributed by atoms with Gasteiger partial charge in [-0.15, -0.1) is 12.4 Å². The maximum Gasteiger partial charge on any atom is 0.308 e. The summed E-state index contributed by atoms with van der Waals surface area (Å²) in [7, 11) is 0. The lowest BCUT2D eigenvalue weighted by Crippen LogP contribution is -2.30. The van der Waals surface area contributed by atoms with Crippen molar-refractivity contribution >= 4 is 40.2 Å². The topological polar surface area (TPSA) is 57.6 Å².